The molecule has 0 amide bonds. The molecule has 0 atom stereocenters. The van der Waals surface area contributed by atoms with Gasteiger partial charge in [0, 0.05) is 6.20 Å². The third-order valence-electron chi connectivity index (χ3n) is 1.13. The lowest BCUT2D eigenvalue weighted by Gasteiger charge is -2.03. The molecule has 0 aromatic carbocycles. The van der Waals surface area contributed by atoms with E-state index >= 15 is 0 Å². The van der Waals surface area contributed by atoms with Crippen molar-refractivity contribution >= 4 is 40.2 Å². The Bertz CT molecular complexity index is 297. The van der Waals surface area contributed by atoms with Gasteiger partial charge < -0.3 is 11.1 Å². The van der Waals surface area contributed by atoms with E-state index in [1.807, 2.05) is 12.1 Å². The third kappa shape index (κ3) is 2.52. The van der Waals surface area contributed by atoms with E-state index in [0.717, 1.165) is 0 Å². The van der Waals surface area contributed by atoms with Gasteiger partial charge in [-0.25, -0.2) is 4.98 Å². The maximum Gasteiger partial charge on any atom is 0.139 e. The summed E-state index contributed by atoms with van der Waals surface area (Å²) in [5.41, 5.74) is 5.28. The smallest absolute Gasteiger partial charge is 0.139 e. The minimum Gasteiger partial charge on any atom is -0.388 e. The highest BCUT2D eigenvalue weighted by atomic mass is 32.1. The van der Waals surface area contributed by atoms with Crippen molar-refractivity contribution < 1.29 is 0 Å². The van der Waals surface area contributed by atoms with Crippen LogP contribution >= 0.6 is 24.4 Å². The fraction of sp³-hybridized carbons (Fsp3) is 0. The van der Waals surface area contributed by atoms with Gasteiger partial charge in [0.2, 0.25) is 0 Å². The predicted octanol–water partition coefficient (Wildman–Crippen LogP) is 1.11. The Hall–Kier alpha value is -1.07. The zero-order valence-electron chi connectivity index (χ0n) is 6.15. The lowest BCUT2D eigenvalue weighted by Crippen LogP contribution is -2.26. The fourth-order valence-corrected chi connectivity index (χ4v) is 0.770. The van der Waals surface area contributed by atoms with E-state index in [9.17, 15) is 0 Å². The van der Waals surface area contributed by atoms with Crippen molar-refractivity contribution in [2.75, 3.05) is 5.32 Å². The summed E-state index contributed by atoms with van der Waals surface area (Å²) in [5, 5.41) is 2.80. The highest BCUT2D eigenvalue weighted by molar-refractivity contribution is 7.89. The van der Waals surface area contributed by atoms with E-state index in [1.165, 1.54) is 0 Å². The quantitative estimate of drug-likeness (QED) is 0.660. The fourth-order valence-electron chi connectivity index (χ4n) is 0.615. The van der Waals surface area contributed by atoms with Gasteiger partial charge in [-0.15, -0.1) is 0 Å². The summed E-state index contributed by atoms with van der Waals surface area (Å²) in [6.07, 6.45) is 1.66. The monoisotopic (exact) mass is 197 g/mol. The molecular formula is C7H7N3S2. The van der Waals surface area contributed by atoms with Crippen LogP contribution in [0.1, 0.15) is 0 Å². The molecule has 0 saturated heterocycles. The van der Waals surface area contributed by atoms with Crippen LogP contribution in [0, 0.1) is 0 Å². The first-order valence-electron chi connectivity index (χ1n) is 3.22. The second-order valence-corrected chi connectivity index (χ2v) is 2.88. The molecule has 1 rings (SSSR count). The predicted molar refractivity (Wildman–Crippen MR) is 57.2 cm³/mol. The average Bonchev–Trinajstić information content (AvgIpc) is 2.06. The first-order valence-corrected chi connectivity index (χ1v) is 4.03. The number of aromatic nitrogens is 1. The second-order valence-electron chi connectivity index (χ2n) is 2.03. The van der Waals surface area contributed by atoms with Crippen LogP contribution < -0.4 is 11.1 Å². The Balaban J connectivity index is 2.65. The van der Waals surface area contributed by atoms with E-state index in [2.05, 4.69) is 22.5 Å². The first kappa shape index (κ1) is 9.02. The molecule has 0 fully saturated rings. The Labute approximate surface area is 81.0 Å². The topological polar surface area (TPSA) is 50.9 Å². The molecule has 0 aliphatic rings. The molecular weight excluding hydrogens is 190 g/mol. The van der Waals surface area contributed by atoms with Gasteiger partial charge in [0.05, 0.1) is 0 Å². The number of anilines is 1. The first-order chi connectivity index (χ1) is 5.70. The van der Waals surface area contributed by atoms with Crippen molar-refractivity contribution in [3.05, 3.63) is 24.4 Å². The summed E-state index contributed by atoms with van der Waals surface area (Å²) >= 11 is 9.51. The van der Waals surface area contributed by atoms with Crippen LogP contribution in [0.2, 0.25) is 0 Å². The number of thiocarbonyl (C=S) groups is 2. The lowest BCUT2D eigenvalue weighted by atomic mass is 10.4. The number of pyridine rings is 1. The van der Waals surface area contributed by atoms with Gasteiger partial charge in [0.25, 0.3) is 0 Å². The lowest BCUT2D eigenvalue weighted by molar-refractivity contribution is 1.33. The Kier molecular flexibility index (Phi) is 3.07. The molecule has 0 aliphatic carbocycles. The van der Waals surface area contributed by atoms with Gasteiger partial charge in [-0.1, -0.05) is 30.5 Å². The molecule has 0 bridgehead atoms. The highest BCUT2D eigenvalue weighted by Crippen LogP contribution is 1.99. The van der Waals surface area contributed by atoms with Crippen LogP contribution in [0.15, 0.2) is 24.4 Å². The van der Waals surface area contributed by atoms with E-state index in [0.29, 0.717) is 10.8 Å². The molecule has 62 valence electrons. The second kappa shape index (κ2) is 4.08. The van der Waals surface area contributed by atoms with E-state index in [1.54, 1.807) is 12.3 Å². The van der Waals surface area contributed by atoms with E-state index < -0.39 is 0 Å². The van der Waals surface area contributed by atoms with Gasteiger partial charge in [-0.2, -0.15) is 0 Å². The maximum absolute atomic E-state index is 5.28. The molecule has 3 nitrogen and oxygen atoms in total. The number of hydrogen-bond donors (Lipinski definition) is 2. The molecule has 0 aliphatic heterocycles. The summed E-state index contributed by atoms with van der Waals surface area (Å²) in [5.74, 6) is 0.648. The summed E-state index contributed by atoms with van der Waals surface area (Å²) in [6.45, 7) is 0. The van der Waals surface area contributed by atoms with Gasteiger partial charge >= 0.3 is 0 Å². The molecule has 1 aromatic rings. The van der Waals surface area contributed by atoms with Gasteiger partial charge in [0.15, 0.2) is 0 Å². The van der Waals surface area contributed by atoms with Crippen molar-refractivity contribution in [2.24, 2.45) is 5.73 Å². The zero-order valence-corrected chi connectivity index (χ0v) is 7.78. The molecule has 3 N–H and O–H groups in total. The maximum atomic E-state index is 5.28. The Morgan fingerprint density at radius 2 is 2.17 bits per heavy atom. The zero-order chi connectivity index (χ0) is 8.97. The molecule has 0 saturated carbocycles. The number of hydrogen-bond acceptors (Lipinski definition) is 3. The van der Waals surface area contributed by atoms with Crippen LogP contribution in [0.3, 0.4) is 0 Å². The van der Waals surface area contributed by atoms with E-state index in [-0.39, 0.29) is 4.99 Å². The van der Waals surface area contributed by atoms with Crippen LogP contribution in [0.5, 0.6) is 0 Å². The average molecular weight is 197 g/mol. The molecule has 0 unspecified atom stereocenters. The molecule has 1 heterocycles. The number of nitrogens with zero attached hydrogens (tertiary/aromatic N) is 1. The van der Waals surface area contributed by atoms with Gasteiger partial charge in [0.1, 0.15) is 15.8 Å². The van der Waals surface area contributed by atoms with Crippen molar-refractivity contribution in [3.63, 3.8) is 0 Å². The molecule has 12 heavy (non-hydrogen) atoms. The summed E-state index contributed by atoms with van der Waals surface area (Å²) < 4.78 is 0. The number of nitrogens with one attached hydrogen (secondary N) is 1. The molecule has 0 radical (unpaired) electrons. The molecule has 0 spiro atoms. The number of rotatable bonds is 1. The van der Waals surface area contributed by atoms with Crippen molar-refractivity contribution in [1.82, 2.24) is 4.98 Å². The van der Waals surface area contributed by atoms with Crippen molar-refractivity contribution in [3.8, 4) is 0 Å². The van der Waals surface area contributed by atoms with Gasteiger partial charge in [-0.3, -0.25) is 0 Å². The van der Waals surface area contributed by atoms with Crippen molar-refractivity contribution in [2.45, 2.75) is 0 Å². The van der Waals surface area contributed by atoms with Crippen LogP contribution in [0.25, 0.3) is 0 Å². The third-order valence-corrected chi connectivity index (χ3v) is 1.79. The molecule has 5 heteroatoms. The van der Waals surface area contributed by atoms with Crippen LogP contribution in [0.4, 0.5) is 5.82 Å². The SMILES string of the molecule is NC(=S)C(=S)Nc1ccccn1. The Morgan fingerprint density at radius 3 is 2.67 bits per heavy atom. The van der Waals surface area contributed by atoms with Gasteiger partial charge in [-0.05, 0) is 12.1 Å². The number of nitrogens with two attached hydrogens (primary N) is 1. The Morgan fingerprint density at radius 1 is 1.42 bits per heavy atom. The molecule has 1 aromatic heterocycles. The van der Waals surface area contributed by atoms with Crippen molar-refractivity contribution in [1.29, 1.82) is 0 Å². The van der Waals surface area contributed by atoms with E-state index in [4.69, 9.17) is 18.0 Å². The highest BCUT2D eigenvalue weighted by Gasteiger charge is 1.99. The standard InChI is InChI=1S/C7H7N3S2/c8-6(11)7(12)10-5-3-1-2-4-9-5/h1-4H,(H2,8,11)(H,9,10,12). The minimum atomic E-state index is 0.177. The summed E-state index contributed by atoms with van der Waals surface area (Å²) in [4.78, 5) is 4.50. The largest absolute Gasteiger partial charge is 0.388 e. The summed E-state index contributed by atoms with van der Waals surface area (Å²) in [7, 11) is 0. The van der Waals surface area contributed by atoms with Crippen LogP contribution in [-0.2, 0) is 0 Å². The minimum absolute atomic E-state index is 0.177. The summed E-state index contributed by atoms with van der Waals surface area (Å²) in [6, 6.07) is 5.44. The van der Waals surface area contributed by atoms with Crippen LogP contribution in [-0.4, -0.2) is 15.0 Å². The normalized spacial score (nSPS) is 9.00.